The number of nitrogens with zero attached hydrogens (tertiary/aromatic N) is 3. The number of hydrogen-bond acceptors (Lipinski definition) is 4. The van der Waals surface area contributed by atoms with E-state index in [2.05, 4.69) is 39.8 Å². The highest BCUT2D eigenvalue weighted by Gasteiger charge is 2.33. The first kappa shape index (κ1) is 15.6. The van der Waals surface area contributed by atoms with E-state index in [0.29, 0.717) is 6.04 Å². The summed E-state index contributed by atoms with van der Waals surface area (Å²) in [5.41, 5.74) is 1.17. The molecule has 2 aliphatic rings. The standard InChI is InChI=1S/C16H27N5S/c1-3-17-15(20-14-10-12(14)2)18-7-6-13-11-22-16(19-13)21-8-4-5-9-21/h11-12,14H,3-10H2,1-2H3,(H2,17,18,20). The van der Waals surface area contributed by atoms with Gasteiger partial charge in [-0.3, -0.25) is 4.99 Å². The molecule has 1 aromatic heterocycles. The van der Waals surface area contributed by atoms with Gasteiger partial charge in [0.05, 0.1) is 5.69 Å². The number of aliphatic imine (C=N–C) groups is 1. The molecule has 22 heavy (non-hydrogen) atoms. The van der Waals surface area contributed by atoms with Gasteiger partial charge in [-0.1, -0.05) is 6.92 Å². The molecule has 3 rings (SSSR count). The molecule has 2 fully saturated rings. The number of anilines is 1. The largest absolute Gasteiger partial charge is 0.357 e. The van der Waals surface area contributed by atoms with Gasteiger partial charge < -0.3 is 15.5 Å². The van der Waals surface area contributed by atoms with Gasteiger partial charge in [0.15, 0.2) is 11.1 Å². The lowest BCUT2D eigenvalue weighted by atomic mass is 10.3. The third-order valence-electron chi connectivity index (χ3n) is 4.33. The monoisotopic (exact) mass is 321 g/mol. The molecule has 5 nitrogen and oxygen atoms in total. The summed E-state index contributed by atoms with van der Waals surface area (Å²) >= 11 is 1.77. The van der Waals surface area contributed by atoms with Crippen molar-refractivity contribution in [3.05, 3.63) is 11.1 Å². The Bertz CT molecular complexity index is 506. The average molecular weight is 321 g/mol. The Kier molecular flexibility index (Phi) is 5.18. The van der Waals surface area contributed by atoms with Crippen molar-refractivity contribution in [3.63, 3.8) is 0 Å². The van der Waals surface area contributed by atoms with Crippen LogP contribution >= 0.6 is 11.3 Å². The van der Waals surface area contributed by atoms with Crippen LogP contribution < -0.4 is 15.5 Å². The second-order valence-electron chi connectivity index (χ2n) is 6.29. The molecule has 2 atom stereocenters. The first-order valence-electron chi connectivity index (χ1n) is 8.50. The molecular weight excluding hydrogens is 294 g/mol. The topological polar surface area (TPSA) is 52.6 Å². The number of aromatic nitrogens is 1. The van der Waals surface area contributed by atoms with Gasteiger partial charge in [-0.2, -0.15) is 0 Å². The van der Waals surface area contributed by atoms with Gasteiger partial charge in [0.2, 0.25) is 0 Å². The van der Waals surface area contributed by atoms with E-state index in [1.807, 2.05) is 0 Å². The summed E-state index contributed by atoms with van der Waals surface area (Å²) in [6, 6.07) is 0.610. The summed E-state index contributed by atoms with van der Waals surface area (Å²) in [6.45, 7) is 8.41. The van der Waals surface area contributed by atoms with E-state index in [0.717, 1.165) is 31.4 Å². The smallest absolute Gasteiger partial charge is 0.191 e. The summed E-state index contributed by atoms with van der Waals surface area (Å²) < 4.78 is 0. The third-order valence-corrected chi connectivity index (χ3v) is 5.28. The summed E-state index contributed by atoms with van der Waals surface area (Å²) in [5, 5.41) is 10.2. The maximum absolute atomic E-state index is 4.75. The lowest BCUT2D eigenvalue weighted by Crippen LogP contribution is -2.39. The van der Waals surface area contributed by atoms with Crippen LogP contribution in [-0.2, 0) is 6.42 Å². The van der Waals surface area contributed by atoms with Crippen LogP contribution in [0.5, 0.6) is 0 Å². The Morgan fingerprint density at radius 2 is 2.23 bits per heavy atom. The van der Waals surface area contributed by atoms with E-state index in [4.69, 9.17) is 4.98 Å². The molecule has 0 spiro atoms. The molecule has 1 saturated carbocycles. The fourth-order valence-electron chi connectivity index (χ4n) is 2.77. The predicted octanol–water partition coefficient (Wildman–Crippen LogP) is 2.25. The molecule has 122 valence electrons. The van der Waals surface area contributed by atoms with Crippen LogP contribution in [0.4, 0.5) is 5.13 Å². The van der Waals surface area contributed by atoms with Crippen LogP contribution in [0.3, 0.4) is 0 Å². The Hall–Kier alpha value is -1.30. The highest BCUT2D eigenvalue weighted by atomic mass is 32.1. The maximum atomic E-state index is 4.75. The molecule has 0 bridgehead atoms. The molecule has 1 aliphatic heterocycles. The molecule has 1 aliphatic carbocycles. The van der Waals surface area contributed by atoms with Crippen LogP contribution in [-0.4, -0.2) is 43.2 Å². The Morgan fingerprint density at radius 3 is 2.91 bits per heavy atom. The zero-order valence-corrected chi connectivity index (χ0v) is 14.5. The van der Waals surface area contributed by atoms with Crippen molar-refractivity contribution in [3.8, 4) is 0 Å². The van der Waals surface area contributed by atoms with Gasteiger partial charge in [-0.05, 0) is 32.1 Å². The molecule has 1 aromatic rings. The SMILES string of the molecule is CCNC(=NCCc1csc(N2CCCC2)n1)NC1CC1C. The molecule has 1 saturated heterocycles. The summed E-state index contributed by atoms with van der Waals surface area (Å²) in [5.74, 6) is 1.73. The summed E-state index contributed by atoms with van der Waals surface area (Å²) in [6.07, 6.45) is 4.78. The van der Waals surface area contributed by atoms with Crippen molar-refractivity contribution in [2.24, 2.45) is 10.9 Å². The minimum Gasteiger partial charge on any atom is -0.357 e. The quantitative estimate of drug-likeness (QED) is 0.623. The van der Waals surface area contributed by atoms with E-state index < -0.39 is 0 Å². The van der Waals surface area contributed by atoms with E-state index in [1.165, 1.54) is 43.2 Å². The third kappa shape index (κ3) is 4.12. The van der Waals surface area contributed by atoms with Crippen molar-refractivity contribution in [2.75, 3.05) is 31.1 Å². The lowest BCUT2D eigenvalue weighted by molar-refractivity contribution is 0.764. The van der Waals surface area contributed by atoms with Crippen LogP contribution in [0, 0.1) is 5.92 Å². The molecule has 6 heteroatoms. The highest BCUT2D eigenvalue weighted by Crippen LogP contribution is 2.28. The minimum atomic E-state index is 0.610. The number of hydrogen-bond donors (Lipinski definition) is 2. The molecule has 0 amide bonds. The highest BCUT2D eigenvalue weighted by molar-refractivity contribution is 7.13. The van der Waals surface area contributed by atoms with Crippen molar-refractivity contribution in [1.82, 2.24) is 15.6 Å². The van der Waals surface area contributed by atoms with Crippen LogP contribution in [0.2, 0.25) is 0 Å². The Morgan fingerprint density at radius 1 is 1.45 bits per heavy atom. The van der Waals surface area contributed by atoms with Crippen LogP contribution in [0.15, 0.2) is 10.4 Å². The van der Waals surface area contributed by atoms with E-state index in [9.17, 15) is 0 Å². The van der Waals surface area contributed by atoms with E-state index >= 15 is 0 Å². The van der Waals surface area contributed by atoms with Crippen molar-refractivity contribution < 1.29 is 0 Å². The van der Waals surface area contributed by atoms with Crippen molar-refractivity contribution in [2.45, 2.75) is 45.6 Å². The Labute approximate surface area is 137 Å². The fourth-order valence-corrected chi connectivity index (χ4v) is 3.68. The maximum Gasteiger partial charge on any atom is 0.191 e. The fraction of sp³-hybridized carbons (Fsp3) is 0.750. The second-order valence-corrected chi connectivity index (χ2v) is 7.13. The predicted molar refractivity (Wildman–Crippen MR) is 93.9 cm³/mol. The van der Waals surface area contributed by atoms with Gasteiger partial charge in [0.1, 0.15) is 0 Å². The van der Waals surface area contributed by atoms with Crippen molar-refractivity contribution in [1.29, 1.82) is 0 Å². The molecule has 0 aromatic carbocycles. The summed E-state index contributed by atoms with van der Waals surface area (Å²) in [7, 11) is 0. The Balaban J connectivity index is 1.48. The van der Waals surface area contributed by atoms with Gasteiger partial charge in [0.25, 0.3) is 0 Å². The van der Waals surface area contributed by atoms with Gasteiger partial charge in [-0.15, -0.1) is 11.3 Å². The van der Waals surface area contributed by atoms with Crippen molar-refractivity contribution >= 4 is 22.4 Å². The normalized spacial score (nSPS) is 24.6. The second kappa shape index (κ2) is 7.31. The first-order valence-corrected chi connectivity index (χ1v) is 9.38. The summed E-state index contributed by atoms with van der Waals surface area (Å²) in [4.78, 5) is 11.8. The zero-order valence-electron chi connectivity index (χ0n) is 13.6. The van der Waals surface area contributed by atoms with E-state index in [-0.39, 0.29) is 0 Å². The number of thiazole rings is 1. The van der Waals surface area contributed by atoms with Gasteiger partial charge >= 0.3 is 0 Å². The van der Waals surface area contributed by atoms with Gasteiger partial charge in [0, 0.05) is 44.0 Å². The van der Waals surface area contributed by atoms with Crippen LogP contribution in [0.1, 0.15) is 38.8 Å². The number of guanidine groups is 1. The molecule has 0 radical (unpaired) electrons. The number of rotatable bonds is 6. The number of nitrogens with one attached hydrogen (secondary N) is 2. The first-order chi connectivity index (χ1) is 10.8. The van der Waals surface area contributed by atoms with E-state index in [1.54, 1.807) is 11.3 Å². The zero-order chi connectivity index (χ0) is 15.4. The van der Waals surface area contributed by atoms with Gasteiger partial charge in [-0.25, -0.2) is 4.98 Å². The molecule has 2 N–H and O–H groups in total. The minimum absolute atomic E-state index is 0.610. The molecule has 2 unspecified atom stereocenters. The molecular formula is C16H27N5S. The lowest BCUT2D eigenvalue weighted by Gasteiger charge is -2.12. The molecule has 2 heterocycles. The van der Waals surface area contributed by atoms with Crippen LogP contribution in [0.25, 0.3) is 0 Å². The average Bonchev–Trinajstić information content (AvgIpc) is 2.94.